The average Bonchev–Trinajstić information content (AvgIpc) is 3.28. The van der Waals surface area contributed by atoms with Crippen LogP contribution in [-0.4, -0.2) is 52.5 Å². The highest BCUT2D eigenvalue weighted by Crippen LogP contribution is 2.39. The molecule has 202 valence electrons. The van der Waals surface area contributed by atoms with Crippen LogP contribution >= 0.6 is 11.6 Å². The van der Waals surface area contributed by atoms with E-state index >= 15 is 0 Å². The second-order valence-corrected chi connectivity index (χ2v) is 9.50. The van der Waals surface area contributed by atoms with E-state index in [-0.39, 0.29) is 22.2 Å². The van der Waals surface area contributed by atoms with Gasteiger partial charge in [0.2, 0.25) is 11.9 Å². The van der Waals surface area contributed by atoms with Crippen LogP contribution in [0.15, 0.2) is 67.0 Å². The molecule has 3 aromatic rings. The lowest BCUT2D eigenvalue weighted by atomic mass is 9.87. The monoisotopic (exact) mass is 559 g/mol. The van der Waals surface area contributed by atoms with Gasteiger partial charge in [0.25, 0.3) is 11.8 Å². The zero-order chi connectivity index (χ0) is 27.7. The first-order valence-corrected chi connectivity index (χ1v) is 12.3. The minimum atomic E-state index is -2.91. The van der Waals surface area contributed by atoms with E-state index in [1.807, 2.05) is 0 Å². The number of nitrogens with one attached hydrogen (secondary N) is 1. The van der Waals surface area contributed by atoms with Gasteiger partial charge in [0.1, 0.15) is 18.5 Å². The van der Waals surface area contributed by atoms with Crippen LogP contribution < -0.4 is 15.1 Å². The van der Waals surface area contributed by atoms with Crippen molar-refractivity contribution in [2.45, 2.75) is 36.9 Å². The standard InChI is InChI=1S/C26H21ClF3N5O4/c27-19-8-2-1-7-18(19)21(22(36)33-16-12-26(29,30)13-16)34(17-6-3-5-15(28)11-17)23(37)20-14-39-25(38)35(20)24-31-9-4-10-32-24/h1-11,16,20-21H,12-14H2,(H,33,36). The van der Waals surface area contributed by atoms with Crippen LogP contribution in [0.1, 0.15) is 24.4 Å². The first-order valence-electron chi connectivity index (χ1n) is 11.9. The number of hydrogen-bond donors (Lipinski definition) is 1. The number of benzene rings is 2. The van der Waals surface area contributed by atoms with Crippen molar-refractivity contribution in [3.8, 4) is 0 Å². The highest BCUT2D eigenvalue weighted by molar-refractivity contribution is 6.31. The van der Waals surface area contributed by atoms with Gasteiger partial charge >= 0.3 is 6.09 Å². The Morgan fingerprint density at radius 2 is 1.82 bits per heavy atom. The number of rotatable bonds is 7. The Morgan fingerprint density at radius 3 is 2.49 bits per heavy atom. The summed E-state index contributed by atoms with van der Waals surface area (Å²) in [6.45, 7) is -0.409. The fraction of sp³-hybridized carbons (Fsp3) is 0.269. The molecule has 1 aliphatic carbocycles. The van der Waals surface area contributed by atoms with Gasteiger partial charge in [-0.3, -0.25) is 14.5 Å². The van der Waals surface area contributed by atoms with Gasteiger partial charge in [-0.25, -0.2) is 32.8 Å². The Labute approximate surface area is 225 Å². The van der Waals surface area contributed by atoms with Crippen LogP contribution in [0.5, 0.6) is 0 Å². The highest BCUT2D eigenvalue weighted by atomic mass is 35.5. The zero-order valence-electron chi connectivity index (χ0n) is 20.1. The summed E-state index contributed by atoms with van der Waals surface area (Å²) < 4.78 is 46.6. The third-order valence-electron chi connectivity index (χ3n) is 6.39. The molecule has 39 heavy (non-hydrogen) atoms. The SMILES string of the molecule is O=C(NC1CC(F)(F)C1)C(c1ccccc1Cl)N(C(=O)C1COC(=O)N1c1ncccn1)c1cccc(F)c1. The fourth-order valence-electron chi connectivity index (χ4n) is 4.57. The van der Waals surface area contributed by atoms with Gasteiger partial charge in [-0.1, -0.05) is 35.9 Å². The minimum absolute atomic E-state index is 0.0349. The molecule has 2 heterocycles. The molecule has 5 rings (SSSR count). The number of halogens is 4. The number of hydrogen-bond acceptors (Lipinski definition) is 6. The number of ether oxygens (including phenoxy) is 1. The molecule has 1 aromatic heterocycles. The molecule has 3 amide bonds. The maximum Gasteiger partial charge on any atom is 0.417 e. The van der Waals surface area contributed by atoms with E-state index in [0.29, 0.717) is 0 Å². The quantitative estimate of drug-likeness (QED) is 0.463. The van der Waals surface area contributed by atoms with Crippen molar-refractivity contribution in [3.05, 3.63) is 83.4 Å². The Morgan fingerprint density at radius 1 is 1.10 bits per heavy atom. The summed E-state index contributed by atoms with van der Waals surface area (Å²) in [7, 11) is 0. The van der Waals surface area contributed by atoms with Crippen molar-refractivity contribution in [2.24, 2.45) is 0 Å². The van der Waals surface area contributed by atoms with Crippen LogP contribution in [0.25, 0.3) is 0 Å². The molecule has 9 nitrogen and oxygen atoms in total. The molecule has 1 saturated heterocycles. The minimum Gasteiger partial charge on any atom is -0.446 e. The van der Waals surface area contributed by atoms with E-state index in [1.54, 1.807) is 12.1 Å². The normalized spacial score (nSPS) is 19.1. The lowest BCUT2D eigenvalue weighted by molar-refractivity contribution is -0.133. The molecule has 1 N–H and O–H groups in total. The number of alkyl halides is 2. The lowest BCUT2D eigenvalue weighted by Crippen LogP contribution is -2.56. The summed E-state index contributed by atoms with van der Waals surface area (Å²) in [5.41, 5.74) is 0.125. The molecule has 2 aliphatic rings. The Balaban J connectivity index is 1.60. The van der Waals surface area contributed by atoms with Gasteiger partial charge < -0.3 is 10.1 Å². The Bertz CT molecular complexity index is 1410. The fourth-order valence-corrected chi connectivity index (χ4v) is 4.81. The number of anilines is 2. The molecule has 0 spiro atoms. The topological polar surface area (TPSA) is 105 Å². The van der Waals surface area contributed by atoms with Crippen molar-refractivity contribution in [3.63, 3.8) is 0 Å². The number of amides is 3. The summed E-state index contributed by atoms with van der Waals surface area (Å²) in [4.78, 5) is 50.5. The highest BCUT2D eigenvalue weighted by Gasteiger charge is 2.49. The molecule has 2 fully saturated rings. The number of carbonyl (C=O) groups is 3. The number of aromatic nitrogens is 2. The third-order valence-corrected chi connectivity index (χ3v) is 6.74. The van der Waals surface area contributed by atoms with Crippen molar-refractivity contribution in [1.29, 1.82) is 0 Å². The van der Waals surface area contributed by atoms with Gasteiger partial charge in [0, 0.05) is 47.6 Å². The van der Waals surface area contributed by atoms with Gasteiger partial charge in [0.15, 0.2) is 6.04 Å². The van der Waals surface area contributed by atoms with E-state index in [0.717, 1.165) is 21.9 Å². The van der Waals surface area contributed by atoms with Gasteiger partial charge in [-0.2, -0.15) is 0 Å². The van der Waals surface area contributed by atoms with E-state index in [4.69, 9.17) is 16.3 Å². The molecule has 2 aromatic carbocycles. The Hall–Kier alpha value is -4.19. The molecule has 1 aliphatic heterocycles. The van der Waals surface area contributed by atoms with Gasteiger partial charge in [0.05, 0.1) is 0 Å². The van der Waals surface area contributed by atoms with Gasteiger partial charge in [-0.15, -0.1) is 0 Å². The summed E-state index contributed by atoms with van der Waals surface area (Å²) in [5, 5.41) is 2.66. The van der Waals surface area contributed by atoms with Crippen molar-refractivity contribution in [2.75, 3.05) is 16.4 Å². The van der Waals surface area contributed by atoms with Crippen LogP contribution in [0.2, 0.25) is 5.02 Å². The van der Waals surface area contributed by atoms with Crippen molar-refractivity contribution in [1.82, 2.24) is 15.3 Å². The maximum absolute atomic E-state index is 14.4. The van der Waals surface area contributed by atoms with Crippen LogP contribution in [0, 0.1) is 5.82 Å². The molecule has 0 radical (unpaired) electrons. The van der Waals surface area contributed by atoms with Crippen LogP contribution in [-0.2, 0) is 14.3 Å². The van der Waals surface area contributed by atoms with Crippen LogP contribution in [0.3, 0.4) is 0 Å². The van der Waals surface area contributed by atoms with E-state index < -0.39 is 67.2 Å². The van der Waals surface area contributed by atoms with Crippen LogP contribution in [0.4, 0.5) is 29.6 Å². The van der Waals surface area contributed by atoms with E-state index in [1.165, 1.54) is 42.7 Å². The maximum atomic E-state index is 14.4. The molecule has 1 saturated carbocycles. The third kappa shape index (κ3) is 5.37. The summed E-state index contributed by atoms with van der Waals surface area (Å²) in [5.74, 6) is -5.38. The first kappa shape index (κ1) is 26.4. The van der Waals surface area contributed by atoms with E-state index in [2.05, 4.69) is 15.3 Å². The molecule has 2 unspecified atom stereocenters. The number of carbonyl (C=O) groups excluding carboxylic acids is 3. The largest absolute Gasteiger partial charge is 0.446 e. The molecular formula is C26H21ClF3N5O4. The predicted octanol–water partition coefficient (Wildman–Crippen LogP) is 4.28. The van der Waals surface area contributed by atoms with Gasteiger partial charge in [-0.05, 0) is 30.3 Å². The van der Waals surface area contributed by atoms with Crippen molar-refractivity contribution < 1.29 is 32.3 Å². The molecule has 13 heteroatoms. The number of nitrogens with zero attached hydrogens (tertiary/aromatic N) is 4. The molecular weight excluding hydrogens is 539 g/mol. The second-order valence-electron chi connectivity index (χ2n) is 9.09. The smallest absolute Gasteiger partial charge is 0.417 e. The second kappa shape index (κ2) is 10.5. The first-order chi connectivity index (χ1) is 18.6. The number of cyclic esters (lactones) is 1. The predicted molar refractivity (Wildman–Crippen MR) is 134 cm³/mol. The summed E-state index contributed by atoms with van der Waals surface area (Å²) in [6, 6.07) is 8.93. The molecule has 0 bridgehead atoms. The van der Waals surface area contributed by atoms with E-state index in [9.17, 15) is 27.6 Å². The molecule has 2 atom stereocenters. The summed E-state index contributed by atoms with van der Waals surface area (Å²) in [6.07, 6.45) is 0.717. The van der Waals surface area contributed by atoms with Crippen molar-refractivity contribution >= 4 is 41.1 Å². The Kier molecular flexibility index (Phi) is 7.13. The lowest BCUT2D eigenvalue weighted by Gasteiger charge is -2.39. The zero-order valence-corrected chi connectivity index (χ0v) is 20.9. The average molecular weight is 560 g/mol. The summed E-state index contributed by atoms with van der Waals surface area (Å²) >= 11 is 6.45.